The molecule has 134 valence electrons. The summed E-state index contributed by atoms with van der Waals surface area (Å²) in [4.78, 5) is 28.6. The van der Waals surface area contributed by atoms with Crippen LogP contribution in [0.25, 0.3) is 0 Å². The van der Waals surface area contributed by atoms with E-state index in [4.69, 9.17) is 4.42 Å². The van der Waals surface area contributed by atoms with Crippen molar-refractivity contribution in [1.82, 2.24) is 4.98 Å². The fourth-order valence-electron chi connectivity index (χ4n) is 2.56. The average Bonchev–Trinajstić information content (AvgIpc) is 3.29. The first-order chi connectivity index (χ1) is 12.6. The maximum Gasteiger partial charge on any atom is 0.293 e. The van der Waals surface area contributed by atoms with E-state index >= 15 is 0 Å². The van der Waals surface area contributed by atoms with Crippen molar-refractivity contribution in [3.63, 3.8) is 0 Å². The summed E-state index contributed by atoms with van der Waals surface area (Å²) in [6.45, 7) is 4.03. The number of benzene rings is 1. The van der Waals surface area contributed by atoms with Crippen molar-refractivity contribution in [2.45, 2.75) is 26.7 Å². The number of nitrogens with zero attached hydrogens (tertiary/aromatic N) is 1. The number of furan rings is 1. The first-order valence-electron chi connectivity index (χ1n) is 8.24. The molecule has 0 aliphatic heterocycles. The Morgan fingerprint density at radius 1 is 1.19 bits per heavy atom. The van der Waals surface area contributed by atoms with Crippen LogP contribution in [0.4, 0.5) is 10.8 Å². The van der Waals surface area contributed by atoms with Crippen LogP contribution >= 0.6 is 11.3 Å². The molecule has 0 aliphatic carbocycles. The van der Waals surface area contributed by atoms with Gasteiger partial charge in [0, 0.05) is 11.1 Å². The van der Waals surface area contributed by atoms with E-state index < -0.39 is 0 Å². The van der Waals surface area contributed by atoms with Crippen LogP contribution < -0.4 is 10.6 Å². The van der Waals surface area contributed by atoms with Crippen LogP contribution in [0, 0.1) is 6.92 Å². The number of hydrogen-bond acceptors (Lipinski definition) is 5. The Morgan fingerprint density at radius 3 is 2.77 bits per heavy atom. The molecule has 2 amide bonds. The van der Waals surface area contributed by atoms with Crippen LogP contribution in [-0.4, -0.2) is 16.8 Å². The highest BCUT2D eigenvalue weighted by Crippen LogP contribution is 2.22. The number of anilines is 2. The third kappa shape index (κ3) is 4.18. The summed E-state index contributed by atoms with van der Waals surface area (Å²) in [7, 11) is 0. The summed E-state index contributed by atoms with van der Waals surface area (Å²) in [5.41, 5.74) is 3.60. The lowest BCUT2D eigenvalue weighted by Gasteiger charge is -2.12. The van der Waals surface area contributed by atoms with Crippen LogP contribution in [0.3, 0.4) is 0 Å². The Hall–Kier alpha value is -2.93. The standard InChI is InChI=1S/C19H19N3O3S/c1-3-13-7-4-6-12(2)17(13)21-16(23)10-14-11-26-19(20-14)22-18(24)15-8-5-9-25-15/h4-9,11H,3,10H2,1-2H3,(H,21,23)(H,20,22,24). The van der Waals surface area contributed by atoms with Crippen molar-refractivity contribution >= 4 is 34.0 Å². The lowest BCUT2D eigenvalue weighted by molar-refractivity contribution is -0.115. The maximum atomic E-state index is 12.4. The Balaban J connectivity index is 1.62. The molecule has 2 heterocycles. The number of para-hydroxylation sites is 1. The second kappa shape index (κ2) is 7.97. The van der Waals surface area contributed by atoms with Gasteiger partial charge in [0.25, 0.3) is 5.91 Å². The van der Waals surface area contributed by atoms with Gasteiger partial charge in [-0.1, -0.05) is 25.1 Å². The average molecular weight is 369 g/mol. The molecule has 2 aromatic heterocycles. The highest BCUT2D eigenvalue weighted by molar-refractivity contribution is 7.14. The van der Waals surface area contributed by atoms with Gasteiger partial charge in [-0.3, -0.25) is 14.9 Å². The molecule has 0 saturated carbocycles. The highest BCUT2D eigenvalue weighted by Gasteiger charge is 2.14. The number of aromatic nitrogens is 1. The summed E-state index contributed by atoms with van der Waals surface area (Å²) < 4.78 is 5.04. The molecule has 26 heavy (non-hydrogen) atoms. The smallest absolute Gasteiger partial charge is 0.293 e. The Morgan fingerprint density at radius 2 is 2.04 bits per heavy atom. The summed E-state index contributed by atoms with van der Waals surface area (Å²) in [6, 6.07) is 9.18. The molecule has 7 heteroatoms. The normalized spacial score (nSPS) is 10.5. The highest BCUT2D eigenvalue weighted by atomic mass is 32.1. The molecule has 0 atom stereocenters. The first-order valence-corrected chi connectivity index (χ1v) is 9.12. The zero-order valence-corrected chi connectivity index (χ0v) is 15.4. The van der Waals surface area contributed by atoms with Gasteiger partial charge >= 0.3 is 0 Å². The number of nitrogens with one attached hydrogen (secondary N) is 2. The van der Waals surface area contributed by atoms with Gasteiger partial charge in [-0.15, -0.1) is 11.3 Å². The fraction of sp³-hybridized carbons (Fsp3) is 0.211. The molecule has 0 saturated heterocycles. The van der Waals surface area contributed by atoms with Crippen molar-refractivity contribution in [1.29, 1.82) is 0 Å². The molecule has 0 bridgehead atoms. The molecule has 1 aromatic carbocycles. The Labute approximate surface area is 155 Å². The second-order valence-corrected chi connectivity index (χ2v) is 6.62. The minimum Gasteiger partial charge on any atom is -0.459 e. The Kier molecular flexibility index (Phi) is 5.48. The predicted molar refractivity (Wildman–Crippen MR) is 102 cm³/mol. The number of aryl methyl sites for hydroxylation is 2. The molecule has 0 unspecified atom stereocenters. The predicted octanol–water partition coefficient (Wildman–Crippen LogP) is 4.04. The fourth-order valence-corrected chi connectivity index (χ4v) is 3.27. The van der Waals surface area contributed by atoms with E-state index in [9.17, 15) is 9.59 Å². The van der Waals surface area contributed by atoms with Crippen molar-refractivity contribution < 1.29 is 14.0 Å². The monoisotopic (exact) mass is 369 g/mol. The summed E-state index contributed by atoms with van der Waals surface area (Å²) >= 11 is 1.27. The summed E-state index contributed by atoms with van der Waals surface area (Å²) in [5.74, 6) is -0.290. The van der Waals surface area contributed by atoms with Gasteiger partial charge in [-0.2, -0.15) is 0 Å². The van der Waals surface area contributed by atoms with Crippen LogP contribution in [0.1, 0.15) is 34.3 Å². The van der Waals surface area contributed by atoms with Gasteiger partial charge in [0.15, 0.2) is 10.9 Å². The van der Waals surface area contributed by atoms with Gasteiger partial charge in [0.05, 0.1) is 18.4 Å². The van der Waals surface area contributed by atoms with Crippen molar-refractivity contribution in [3.8, 4) is 0 Å². The number of thiazole rings is 1. The third-order valence-electron chi connectivity index (χ3n) is 3.86. The topological polar surface area (TPSA) is 84.2 Å². The number of carbonyl (C=O) groups excluding carboxylic acids is 2. The van der Waals surface area contributed by atoms with Gasteiger partial charge in [0.2, 0.25) is 5.91 Å². The molecule has 0 spiro atoms. The van der Waals surface area contributed by atoms with E-state index in [2.05, 4.69) is 22.5 Å². The molecule has 0 aliphatic rings. The van der Waals surface area contributed by atoms with Crippen LogP contribution in [0.15, 0.2) is 46.4 Å². The molecular weight excluding hydrogens is 350 g/mol. The first kappa shape index (κ1) is 17.9. The van der Waals surface area contributed by atoms with Crippen molar-refractivity contribution in [2.75, 3.05) is 10.6 Å². The van der Waals surface area contributed by atoms with Gasteiger partial charge in [-0.05, 0) is 36.6 Å². The molecule has 0 fully saturated rings. The van der Waals surface area contributed by atoms with Gasteiger partial charge in [0.1, 0.15) is 0 Å². The maximum absolute atomic E-state index is 12.4. The lowest BCUT2D eigenvalue weighted by atomic mass is 10.1. The summed E-state index contributed by atoms with van der Waals surface area (Å²) in [5, 5.41) is 7.82. The SMILES string of the molecule is CCc1cccc(C)c1NC(=O)Cc1csc(NC(=O)c2ccco2)n1. The van der Waals surface area contributed by atoms with Gasteiger partial charge < -0.3 is 9.73 Å². The number of hydrogen-bond donors (Lipinski definition) is 2. The van der Waals surface area contributed by atoms with Crippen molar-refractivity contribution in [2.24, 2.45) is 0 Å². The molecule has 3 aromatic rings. The second-order valence-electron chi connectivity index (χ2n) is 5.76. The minimum absolute atomic E-state index is 0.136. The van der Waals surface area contributed by atoms with E-state index in [-0.39, 0.29) is 24.0 Å². The molecule has 6 nitrogen and oxygen atoms in total. The van der Waals surface area contributed by atoms with Crippen LogP contribution in [0.2, 0.25) is 0 Å². The molecular formula is C19H19N3O3S. The lowest BCUT2D eigenvalue weighted by Crippen LogP contribution is -2.17. The van der Waals surface area contributed by atoms with E-state index in [1.165, 1.54) is 17.6 Å². The quantitative estimate of drug-likeness (QED) is 0.687. The number of amides is 2. The Bertz CT molecular complexity index is 916. The van der Waals surface area contributed by atoms with E-state index in [1.54, 1.807) is 17.5 Å². The zero-order chi connectivity index (χ0) is 18.5. The van der Waals surface area contributed by atoms with E-state index in [0.29, 0.717) is 10.8 Å². The summed E-state index contributed by atoms with van der Waals surface area (Å²) in [6.07, 6.45) is 2.42. The largest absolute Gasteiger partial charge is 0.459 e. The zero-order valence-electron chi connectivity index (χ0n) is 14.5. The molecule has 3 rings (SSSR count). The van der Waals surface area contributed by atoms with Gasteiger partial charge in [-0.25, -0.2) is 4.98 Å². The van der Waals surface area contributed by atoms with Crippen LogP contribution in [-0.2, 0) is 17.6 Å². The van der Waals surface area contributed by atoms with E-state index in [0.717, 1.165) is 23.2 Å². The minimum atomic E-state index is -0.368. The third-order valence-corrected chi connectivity index (χ3v) is 4.67. The molecule has 0 radical (unpaired) electrons. The number of rotatable bonds is 6. The molecule has 2 N–H and O–H groups in total. The number of carbonyl (C=O) groups is 2. The van der Waals surface area contributed by atoms with Crippen LogP contribution in [0.5, 0.6) is 0 Å². The van der Waals surface area contributed by atoms with Crippen molar-refractivity contribution in [3.05, 3.63) is 64.6 Å². The van der Waals surface area contributed by atoms with E-state index in [1.807, 2.05) is 25.1 Å².